The molecule has 0 aliphatic rings. The van der Waals surface area contributed by atoms with Crippen LogP contribution < -0.4 is 10.2 Å². The molecule has 5 heteroatoms. The first-order chi connectivity index (χ1) is 11.8. The maximum absolute atomic E-state index is 12.0. The van der Waals surface area contributed by atoms with Gasteiger partial charge in [0.25, 0.3) is 5.91 Å². The average molecular weight is 321 g/mol. The molecule has 0 spiro atoms. The van der Waals surface area contributed by atoms with Crippen molar-refractivity contribution in [1.29, 1.82) is 0 Å². The number of rotatable bonds is 6. The highest BCUT2D eigenvalue weighted by molar-refractivity contribution is 5.84. The fourth-order valence-corrected chi connectivity index (χ4v) is 2.46. The minimum atomic E-state index is -0.168. The lowest BCUT2D eigenvalue weighted by Gasteiger charge is -2.04. The predicted octanol–water partition coefficient (Wildman–Crippen LogP) is 3.19. The van der Waals surface area contributed by atoms with Crippen LogP contribution in [-0.2, 0) is 11.3 Å². The second kappa shape index (κ2) is 7.46. The van der Waals surface area contributed by atoms with Gasteiger partial charge in [0.05, 0.1) is 12.8 Å². The molecule has 1 N–H and O–H groups in total. The molecule has 0 aliphatic carbocycles. The minimum Gasteiger partial charge on any atom is -0.494 e. The summed E-state index contributed by atoms with van der Waals surface area (Å²) < 4.78 is 7.28. The Morgan fingerprint density at radius 1 is 1.17 bits per heavy atom. The lowest BCUT2D eigenvalue weighted by atomic mass is 10.2. The van der Waals surface area contributed by atoms with Crippen LogP contribution in [0, 0.1) is 0 Å². The summed E-state index contributed by atoms with van der Waals surface area (Å²) in [4.78, 5) is 12.0. The minimum absolute atomic E-state index is 0.168. The van der Waals surface area contributed by atoms with Gasteiger partial charge in [0.15, 0.2) is 0 Å². The number of nitrogens with zero attached hydrogens (tertiary/aromatic N) is 2. The second-order valence-corrected chi connectivity index (χ2v) is 5.30. The summed E-state index contributed by atoms with van der Waals surface area (Å²) in [6.45, 7) is 2.81. The van der Waals surface area contributed by atoms with Gasteiger partial charge in [0.2, 0.25) is 0 Å². The number of hydrogen-bond donors (Lipinski definition) is 1. The molecule has 1 aromatic heterocycles. The van der Waals surface area contributed by atoms with Gasteiger partial charge in [-0.15, -0.1) is 0 Å². The van der Waals surface area contributed by atoms with Crippen molar-refractivity contribution in [3.8, 4) is 5.75 Å². The van der Waals surface area contributed by atoms with E-state index in [2.05, 4.69) is 10.5 Å². The van der Waals surface area contributed by atoms with Gasteiger partial charge in [-0.05, 0) is 54.3 Å². The van der Waals surface area contributed by atoms with Gasteiger partial charge in [0, 0.05) is 11.7 Å². The van der Waals surface area contributed by atoms with E-state index < -0.39 is 0 Å². The molecule has 1 amide bonds. The maximum Gasteiger partial charge on any atom is 0.259 e. The topological polar surface area (TPSA) is 55.6 Å². The van der Waals surface area contributed by atoms with Crippen LogP contribution in [-0.4, -0.2) is 23.3 Å². The highest BCUT2D eigenvalue weighted by Crippen LogP contribution is 2.14. The van der Waals surface area contributed by atoms with Crippen LogP contribution in [0.2, 0.25) is 0 Å². The number of hydrazone groups is 1. The molecule has 2 aromatic carbocycles. The molecule has 1 heterocycles. The Kier molecular flexibility index (Phi) is 4.91. The fraction of sp³-hybridized carbons (Fsp3) is 0.158. The van der Waals surface area contributed by atoms with Crippen molar-refractivity contribution < 1.29 is 9.53 Å². The summed E-state index contributed by atoms with van der Waals surface area (Å²) in [5.41, 5.74) is 4.48. The van der Waals surface area contributed by atoms with Crippen LogP contribution in [0.25, 0.3) is 10.9 Å². The highest BCUT2D eigenvalue weighted by atomic mass is 16.5. The maximum atomic E-state index is 12.0. The number of fused-ring (bicyclic) bond motifs is 1. The number of carbonyl (C=O) groups excluding carboxylic acids is 1. The van der Waals surface area contributed by atoms with Crippen molar-refractivity contribution in [3.05, 3.63) is 66.4 Å². The van der Waals surface area contributed by atoms with E-state index in [1.807, 2.05) is 72.3 Å². The molecule has 0 aliphatic heterocycles. The lowest BCUT2D eigenvalue weighted by molar-refractivity contribution is -0.121. The summed E-state index contributed by atoms with van der Waals surface area (Å²) in [5.74, 6) is 0.650. The Morgan fingerprint density at radius 3 is 2.75 bits per heavy atom. The van der Waals surface area contributed by atoms with Crippen LogP contribution in [0.3, 0.4) is 0 Å². The van der Waals surface area contributed by atoms with E-state index in [9.17, 15) is 4.79 Å². The third kappa shape index (κ3) is 3.81. The molecule has 122 valence electrons. The number of hydrogen-bond acceptors (Lipinski definition) is 3. The molecule has 3 rings (SSSR count). The number of amides is 1. The van der Waals surface area contributed by atoms with Gasteiger partial charge in [-0.2, -0.15) is 5.10 Å². The number of nitrogens with one attached hydrogen (secondary N) is 1. The van der Waals surface area contributed by atoms with Gasteiger partial charge >= 0.3 is 0 Å². The smallest absolute Gasteiger partial charge is 0.259 e. The summed E-state index contributed by atoms with van der Waals surface area (Å²) in [6.07, 6.45) is 3.52. The van der Waals surface area contributed by atoms with Crippen LogP contribution >= 0.6 is 0 Å². The molecule has 0 saturated heterocycles. The molecule has 0 radical (unpaired) electrons. The van der Waals surface area contributed by atoms with Crippen molar-refractivity contribution in [2.45, 2.75) is 13.5 Å². The molecular weight excluding hydrogens is 302 g/mol. The van der Waals surface area contributed by atoms with Crippen molar-refractivity contribution in [2.75, 3.05) is 6.61 Å². The second-order valence-electron chi connectivity index (χ2n) is 5.30. The van der Waals surface area contributed by atoms with Gasteiger partial charge < -0.3 is 9.30 Å². The Balaban J connectivity index is 1.57. The fourth-order valence-electron chi connectivity index (χ4n) is 2.46. The quantitative estimate of drug-likeness (QED) is 0.560. The third-order valence-electron chi connectivity index (χ3n) is 3.59. The molecular formula is C19H19N3O2. The van der Waals surface area contributed by atoms with Crippen molar-refractivity contribution >= 4 is 23.0 Å². The lowest BCUT2D eigenvalue weighted by Crippen LogP contribution is -2.22. The van der Waals surface area contributed by atoms with E-state index in [-0.39, 0.29) is 12.5 Å². The molecule has 24 heavy (non-hydrogen) atoms. The first kappa shape index (κ1) is 15.8. The van der Waals surface area contributed by atoms with E-state index in [1.54, 1.807) is 6.21 Å². The van der Waals surface area contributed by atoms with E-state index in [0.717, 1.165) is 22.2 Å². The van der Waals surface area contributed by atoms with Crippen molar-refractivity contribution in [2.24, 2.45) is 5.10 Å². The number of aromatic nitrogens is 1. The standard InChI is InChI=1S/C19H19N3O2/c1-2-24-17-9-7-15(8-10-17)13-20-21-19(23)14-22-12-11-16-5-3-4-6-18(16)22/h3-13H,2,14H2,1H3,(H,21,23)/b20-13+. The number of para-hydroxylation sites is 1. The van der Waals surface area contributed by atoms with Gasteiger partial charge in [0.1, 0.15) is 12.3 Å². The molecule has 0 atom stereocenters. The summed E-state index contributed by atoms with van der Waals surface area (Å²) in [5, 5.41) is 5.11. The van der Waals surface area contributed by atoms with Crippen molar-refractivity contribution in [3.63, 3.8) is 0 Å². The zero-order valence-corrected chi connectivity index (χ0v) is 13.5. The monoisotopic (exact) mass is 321 g/mol. The normalized spacial score (nSPS) is 11.0. The van der Waals surface area contributed by atoms with Crippen LogP contribution in [0.4, 0.5) is 0 Å². The molecule has 3 aromatic rings. The van der Waals surface area contributed by atoms with E-state index in [0.29, 0.717) is 6.61 Å². The van der Waals surface area contributed by atoms with Gasteiger partial charge in [-0.1, -0.05) is 18.2 Å². The summed E-state index contributed by atoms with van der Waals surface area (Å²) >= 11 is 0. The van der Waals surface area contributed by atoms with Gasteiger partial charge in [-0.25, -0.2) is 5.43 Å². The molecule has 0 saturated carbocycles. The SMILES string of the molecule is CCOc1ccc(/C=N/NC(=O)Cn2ccc3ccccc32)cc1. The zero-order chi connectivity index (χ0) is 16.8. The largest absolute Gasteiger partial charge is 0.494 e. The first-order valence-corrected chi connectivity index (χ1v) is 7.85. The van der Waals surface area contributed by atoms with E-state index >= 15 is 0 Å². The average Bonchev–Trinajstić information content (AvgIpc) is 3.00. The Hall–Kier alpha value is -3.08. The van der Waals surface area contributed by atoms with Crippen molar-refractivity contribution in [1.82, 2.24) is 9.99 Å². The predicted molar refractivity (Wildman–Crippen MR) is 95.3 cm³/mol. The van der Waals surface area contributed by atoms with Gasteiger partial charge in [-0.3, -0.25) is 4.79 Å². The summed E-state index contributed by atoms with van der Waals surface area (Å²) in [7, 11) is 0. The molecule has 0 bridgehead atoms. The molecule has 0 fully saturated rings. The Morgan fingerprint density at radius 2 is 1.96 bits per heavy atom. The van der Waals surface area contributed by atoms with E-state index in [4.69, 9.17) is 4.74 Å². The number of benzene rings is 2. The number of ether oxygens (including phenoxy) is 1. The van der Waals surface area contributed by atoms with E-state index in [1.165, 1.54) is 0 Å². The summed E-state index contributed by atoms with van der Waals surface area (Å²) in [6, 6.07) is 17.5. The zero-order valence-electron chi connectivity index (χ0n) is 13.5. The van der Waals surface area contributed by atoms with Crippen LogP contribution in [0.15, 0.2) is 65.9 Å². The Bertz CT molecular complexity index is 850. The number of carbonyl (C=O) groups is 1. The first-order valence-electron chi connectivity index (χ1n) is 7.85. The third-order valence-corrected chi connectivity index (χ3v) is 3.59. The van der Waals surface area contributed by atoms with Crippen LogP contribution in [0.1, 0.15) is 12.5 Å². The Labute approximate surface area is 140 Å². The molecule has 5 nitrogen and oxygen atoms in total. The van der Waals surface area contributed by atoms with Crippen LogP contribution in [0.5, 0.6) is 5.75 Å². The molecule has 0 unspecified atom stereocenters. The highest BCUT2D eigenvalue weighted by Gasteiger charge is 2.04.